The van der Waals surface area contributed by atoms with Gasteiger partial charge in [0, 0.05) is 5.02 Å². The molecule has 2 aromatic rings. The van der Waals surface area contributed by atoms with Gasteiger partial charge in [-0.25, -0.2) is 4.39 Å². The summed E-state index contributed by atoms with van der Waals surface area (Å²) < 4.78 is 13.5. The van der Waals surface area contributed by atoms with Gasteiger partial charge in [0.05, 0.1) is 4.47 Å². The zero-order chi connectivity index (χ0) is 13.3. The lowest BCUT2D eigenvalue weighted by Gasteiger charge is -2.13. The Morgan fingerprint density at radius 2 is 1.89 bits per heavy atom. The monoisotopic (exact) mass is 328 g/mol. The van der Waals surface area contributed by atoms with E-state index < -0.39 is 6.10 Å². The van der Waals surface area contributed by atoms with Crippen molar-refractivity contribution in [2.75, 3.05) is 0 Å². The number of benzene rings is 2. The zero-order valence-corrected chi connectivity index (χ0v) is 12.0. The highest BCUT2D eigenvalue weighted by Gasteiger charge is 2.13. The van der Waals surface area contributed by atoms with E-state index in [1.54, 1.807) is 18.2 Å². The van der Waals surface area contributed by atoms with Crippen LogP contribution in [0.1, 0.15) is 22.8 Å². The molecular formula is C14H11BrClFO. The van der Waals surface area contributed by atoms with E-state index in [1.165, 1.54) is 6.07 Å². The SMILES string of the molecule is Cc1cc(Cl)cc(C(O)c2ccc(F)c(Br)c2)c1. The van der Waals surface area contributed by atoms with Crippen LogP contribution in [0.25, 0.3) is 0 Å². The molecule has 1 N–H and O–H groups in total. The van der Waals surface area contributed by atoms with Crippen molar-refractivity contribution in [1.29, 1.82) is 0 Å². The maximum absolute atomic E-state index is 13.1. The van der Waals surface area contributed by atoms with Crippen LogP contribution in [0.4, 0.5) is 4.39 Å². The molecule has 0 radical (unpaired) electrons. The van der Waals surface area contributed by atoms with Crippen molar-refractivity contribution in [3.8, 4) is 0 Å². The van der Waals surface area contributed by atoms with Gasteiger partial charge in [0.15, 0.2) is 0 Å². The summed E-state index contributed by atoms with van der Waals surface area (Å²) in [5.41, 5.74) is 2.28. The maximum atomic E-state index is 13.1. The van der Waals surface area contributed by atoms with E-state index in [-0.39, 0.29) is 5.82 Å². The van der Waals surface area contributed by atoms with Gasteiger partial charge in [0.1, 0.15) is 11.9 Å². The van der Waals surface area contributed by atoms with Gasteiger partial charge in [0.2, 0.25) is 0 Å². The Morgan fingerprint density at radius 1 is 1.17 bits per heavy atom. The maximum Gasteiger partial charge on any atom is 0.137 e. The molecule has 0 aliphatic carbocycles. The second-order valence-electron chi connectivity index (χ2n) is 4.14. The molecular weight excluding hydrogens is 319 g/mol. The Balaban J connectivity index is 2.40. The average Bonchev–Trinajstić information content (AvgIpc) is 2.30. The zero-order valence-electron chi connectivity index (χ0n) is 9.62. The predicted molar refractivity (Wildman–Crippen MR) is 74.4 cm³/mol. The first kappa shape index (κ1) is 13.5. The van der Waals surface area contributed by atoms with Crippen LogP contribution in [0.5, 0.6) is 0 Å². The lowest BCUT2D eigenvalue weighted by atomic mass is 10.00. The van der Waals surface area contributed by atoms with Crippen LogP contribution in [-0.4, -0.2) is 5.11 Å². The van der Waals surface area contributed by atoms with Crippen LogP contribution in [0.3, 0.4) is 0 Å². The van der Waals surface area contributed by atoms with E-state index in [0.717, 1.165) is 5.56 Å². The summed E-state index contributed by atoms with van der Waals surface area (Å²) in [6, 6.07) is 9.82. The summed E-state index contributed by atoms with van der Waals surface area (Å²) in [6.45, 7) is 1.91. The van der Waals surface area contributed by atoms with Gasteiger partial charge >= 0.3 is 0 Å². The molecule has 0 aromatic heterocycles. The van der Waals surface area contributed by atoms with Crippen LogP contribution in [0.2, 0.25) is 5.02 Å². The molecule has 0 spiro atoms. The number of aryl methyl sites for hydroxylation is 1. The topological polar surface area (TPSA) is 20.2 Å². The van der Waals surface area contributed by atoms with E-state index in [0.29, 0.717) is 20.6 Å². The smallest absolute Gasteiger partial charge is 0.137 e. The third-order valence-electron chi connectivity index (χ3n) is 2.64. The molecule has 2 aromatic carbocycles. The first-order valence-electron chi connectivity index (χ1n) is 5.37. The normalized spacial score (nSPS) is 12.5. The molecule has 0 heterocycles. The van der Waals surface area contributed by atoms with Gasteiger partial charge in [-0.1, -0.05) is 23.7 Å². The fourth-order valence-corrected chi connectivity index (χ4v) is 2.49. The Labute approximate surface area is 118 Å². The first-order chi connectivity index (χ1) is 8.47. The number of hydrogen-bond acceptors (Lipinski definition) is 1. The summed E-state index contributed by atoms with van der Waals surface area (Å²) in [6.07, 6.45) is -0.820. The van der Waals surface area contributed by atoms with Crippen molar-refractivity contribution in [2.45, 2.75) is 13.0 Å². The minimum Gasteiger partial charge on any atom is -0.384 e. The van der Waals surface area contributed by atoms with Crippen LogP contribution in [0, 0.1) is 12.7 Å². The van der Waals surface area contributed by atoms with Gasteiger partial charge in [-0.3, -0.25) is 0 Å². The summed E-state index contributed by atoms with van der Waals surface area (Å²) in [7, 11) is 0. The minimum atomic E-state index is -0.820. The van der Waals surface area contributed by atoms with E-state index in [4.69, 9.17) is 11.6 Å². The Kier molecular flexibility index (Phi) is 4.05. The van der Waals surface area contributed by atoms with Crippen molar-refractivity contribution in [2.24, 2.45) is 0 Å². The highest BCUT2D eigenvalue weighted by Crippen LogP contribution is 2.28. The van der Waals surface area contributed by atoms with Crippen molar-refractivity contribution >= 4 is 27.5 Å². The van der Waals surface area contributed by atoms with Crippen molar-refractivity contribution in [1.82, 2.24) is 0 Å². The second-order valence-corrected chi connectivity index (χ2v) is 5.43. The number of rotatable bonds is 2. The van der Waals surface area contributed by atoms with Crippen LogP contribution in [0.15, 0.2) is 40.9 Å². The van der Waals surface area contributed by atoms with Crippen molar-refractivity contribution in [3.05, 3.63) is 68.4 Å². The molecule has 1 nitrogen and oxygen atoms in total. The minimum absolute atomic E-state index is 0.331. The molecule has 0 aliphatic heterocycles. The fourth-order valence-electron chi connectivity index (χ4n) is 1.80. The summed E-state index contributed by atoms with van der Waals surface area (Å²) >= 11 is 9.06. The molecule has 4 heteroatoms. The molecule has 0 bridgehead atoms. The molecule has 0 aliphatic rings. The van der Waals surface area contributed by atoms with Crippen molar-refractivity contribution in [3.63, 3.8) is 0 Å². The molecule has 0 amide bonds. The highest BCUT2D eigenvalue weighted by molar-refractivity contribution is 9.10. The van der Waals surface area contributed by atoms with Gasteiger partial charge < -0.3 is 5.11 Å². The van der Waals surface area contributed by atoms with E-state index in [9.17, 15) is 9.50 Å². The summed E-state index contributed by atoms with van der Waals surface area (Å²) in [5.74, 6) is -0.353. The van der Waals surface area contributed by atoms with E-state index in [2.05, 4.69) is 15.9 Å². The summed E-state index contributed by atoms with van der Waals surface area (Å²) in [4.78, 5) is 0. The molecule has 0 fully saturated rings. The fraction of sp³-hybridized carbons (Fsp3) is 0.143. The van der Waals surface area contributed by atoms with Gasteiger partial charge in [-0.05, 0) is 63.8 Å². The molecule has 2 rings (SSSR count). The molecule has 18 heavy (non-hydrogen) atoms. The quantitative estimate of drug-likeness (QED) is 0.851. The Morgan fingerprint density at radius 3 is 2.50 bits per heavy atom. The number of halogens is 3. The van der Waals surface area contributed by atoms with Crippen molar-refractivity contribution < 1.29 is 9.50 Å². The van der Waals surface area contributed by atoms with Gasteiger partial charge in [-0.2, -0.15) is 0 Å². The molecule has 1 unspecified atom stereocenters. The third kappa shape index (κ3) is 2.91. The highest BCUT2D eigenvalue weighted by atomic mass is 79.9. The first-order valence-corrected chi connectivity index (χ1v) is 6.54. The van der Waals surface area contributed by atoms with Gasteiger partial charge in [0.25, 0.3) is 0 Å². The molecule has 0 saturated carbocycles. The van der Waals surface area contributed by atoms with Crippen LogP contribution < -0.4 is 0 Å². The lowest BCUT2D eigenvalue weighted by molar-refractivity contribution is 0.220. The largest absolute Gasteiger partial charge is 0.384 e. The average molecular weight is 330 g/mol. The standard InChI is InChI=1S/C14H11BrClFO/c1-8-4-10(6-11(16)5-8)14(18)9-2-3-13(17)12(15)7-9/h2-7,14,18H,1H3. The van der Waals surface area contributed by atoms with Crippen LogP contribution in [-0.2, 0) is 0 Å². The number of hydrogen-bond donors (Lipinski definition) is 1. The summed E-state index contributed by atoms with van der Waals surface area (Å²) in [5, 5.41) is 10.8. The lowest BCUT2D eigenvalue weighted by Crippen LogP contribution is -2.00. The molecule has 0 saturated heterocycles. The Bertz CT molecular complexity index is 566. The number of aliphatic hydroxyl groups excluding tert-OH is 1. The third-order valence-corrected chi connectivity index (χ3v) is 3.47. The molecule has 94 valence electrons. The predicted octanol–water partition coefficient (Wildman–Crippen LogP) is 4.63. The van der Waals surface area contributed by atoms with E-state index >= 15 is 0 Å². The Hall–Kier alpha value is -0.900. The van der Waals surface area contributed by atoms with E-state index in [1.807, 2.05) is 19.1 Å². The number of aliphatic hydroxyl groups is 1. The van der Waals surface area contributed by atoms with Crippen LogP contribution >= 0.6 is 27.5 Å². The van der Waals surface area contributed by atoms with Gasteiger partial charge in [-0.15, -0.1) is 0 Å². The molecule has 1 atom stereocenters. The second kappa shape index (κ2) is 5.39.